The lowest BCUT2D eigenvalue weighted by Crippen LogP contribution is -2.58. The Labute approximate surface area is 361 Å². The molecule has 1 aliphatic heterocycles. The van der Waals surface area contributed by atoms with Gasteiger partial charge in [0.25, 0.3) is 0 Å². The van der Waals surface area contributed by atoms with Gasteiger partial charge < -0.3 is 72.5 Å². The van der Waals surface area contributed by atoms with Crippen LogP contribution in [-0.4, -0.2) is 159 Å². The number of hydrogen-bond acceptors (Lipinski definition) is 14. The van der Waals surface area contributed by atoms with Crippen molar-refractivity contribution in [3.8, 4) is 0 Å². The first kappa shape index (κ1) is 56.2. The fourth-order valence-electron chi connectivity index (χ4n) is 6.45. The fourth-order valence-corrected chi connectivity index (χ4v) is 6.81. The summed E-state index contributed by atoms with van der Waals surface area (Å²) in [7, 11) is -4.68. The summed E-state index contributed by atoms with van der Waals surface area (Å²) >= 11 is 0. The van der Waals surface area contributed by atoms with E-state index in [-0.39, 0.29) is 121 Å². The van der Waals surface area contributed by atoms with Crippen LogP contribution in [0.4, 0.5) is 0 Å². The van der Waals surface area contributed by atoms with E-state index in [1.165, 1.54) is 4.90 Å². The number of phosphoric acid groups is 1. The normalized spacial score (nSPS) is 15.5. The summed E-state index contributed by atoms with van der Waals surface area (Å²) in [6.45, 7) is 2.53. The van der Waals surface area contributed by atoms with E-state index in [2.05, 4.69) is 25.8 Å². The number of hydrogen-bond donors (Lipinski definition) is 10. The molecule has 0 bridgehead atoms. The number of β-amino-alcohol motifs (C(OH)–C–C–N with tert-alkyl or cyclic N) is 1. The number of carbonyl (C=O) groups is 5. The van der Waals surface area contributed by atoms with Gasteiger partial charge in [-0.3, -0.25) is 28.5 Å². The molecule has 1 heterocycles. The fraction of sp³-hybridized carbons (Fsp3) is 0.872. The van der Waals surface area contributed by atoms with Crippen molar-refractivity contribution >= 4 is 37.4 Å². The first-order valence-corrected chi connectivity index (χ1v) is 23.4. The van der Waals surface area contributed by atoms with E-state index in [9.17, 15) is 33.6 Å². The maximum absolute atomic E-state index is 13.4. The molecule has 0 aromatic carbocycles. The third-order valence-corrected chi connectivity index (χ3v) is 10.2. The second-order valence-electron chi connectivity index (χ2n) is 15.4. The Morgan fingerprint density at radius 2 is 1.02 bits per heavy atom. The van der Waals surface area contributed by atoms with Gasteiger partial charge in [-0.25, -0.2) is 4.57 Å². The van der Waals surface area contributed by atoms with Crippen molar-refractivity contribution in [1.82, 2.24) is 26.2 Å². The van der Waals surface area contributed by atoms with Crippen LogP contribution in [-0.2, 0) is 47.3 Å². The molecule has 1 saturated heterocycles. The Balaban J connectivity index is 2.68. The van der Waals surface area contributed by atoms with Gasteiger partial charge >= 0.3 is 7.82 Å². The van der Waals surface area contributed by atoms with Gasteiger partial charge in [0.05, 0.1) is 58.4 Å². The minimum Gasteiger partial charge on any atom is -0.391 e. The molecular formula is C39H77N8O13P. The molecule has 61 heavy (non-hydrogen) atoms. The highest BCUT2D eigenvalue weighted by Crippen LogP contribution is 2.37. The van der Waals surface area contributed by atoms with Gasteiger partial charge in [0.15, 0.2) is 0 Å². The molecule has 1 rings (SSSR count). The zero-order chi connectivity index (χ0) is 45.2. The van der Waals surface area contributed by atoms with Gasteiger partial charge in [-0.05, 0) is 58.2 Å². The van der Waals surface area contributed by atoms with Gasteiger partial charge in [-0.1, -0.05) is 38.5 Å². The van der Waals surface area contributed by atoms with E-state index >= 15 is 0 Å². The van der Waals surface area contributed by atoms with Crippen molar-refractivity contribution in [3.63, 3.8) is 0 Å². The summed E-state index contributed by atoms with van der Waals surface area (Å²) in [5, 5.41) is 21.4. The number of rotatable bonds is 39. The Hall–Kier alpha value is -2.82. The van der Waals surface area contributed by atoms with E-state index in [1.54, 1.807) is 0 Å². The third kappa shape index (κ3) is 30.0. The SMILES string of the molecule is NCCCNC(=O)CCOCC(COCCC(=O)NCCCN)(COCCC(=O)NCCCN)NC(=O)CCCCCCCCCCC(=O)N1C[C@H](O)C[C@H]1COP(=O)(O)O. The molecule has 0 unspecified atom stereocenters. The summed E-state index contributed by atoms with van der Waals surface area (Å²) in [6.07, 6.45) is 8.83. The van der Waals surface area contributed by atoms with Gasteiger partial charge in [0, 0.05) is 58.3 Å². The van der Waals surface area contributed by atoms with Gasteiger partial charge in [-0.15, -0.1) is 0 Å². The maximum atomic E-state index is 13.4. The summed E-state index contributed by atoms with van der Waals surface area (Å²) in [5.41, 5.74) is 15.3. The standard InChI is InChI=1S/C39H77N8O13P/c40-17-9-20-43-34(49)14-23-57-29-39(30-58-24-15-35(50)44-21-10-18-41,31-59-25-16-36(51)45-22-11-19-42)46-37(52)12-7-5-3-1-2-4-6-8-13-38(53)47-27-33(48)26-32(47)28-60-61(54,55)56/h32-33,48H,1-31,40-42H2,(H,43,49)(H,44,50)(H,45,51)(H,46,52)(H2,54,55,56)/t32-,33+/m0/s1. The van der Waals surface area contributed by atoms with Gasteiger partial charge in [0.1, 0.15) is 5.54 Å². The van der Waals surface area contributed by atoms with Crippen LogP contribution in [0.25, 0.3) is 0 Å². The first-order chi connectivity index (χ1) is 29.2. The summed E-state index contributed by atoms with van der Waals surface area (Å²) in [4.78, 5) is 82.3. The molecule has 0 spiro atoms. The minimum absolute atomic E-state index is 0.0581. The number of carbonyl (C=O) groups excluding carboxylic acids is 5. The molecular weight excluding hydrogens is 819 g/mol. The first-order valence-electron chi connectivity index (χ1n) is 21.9. The van der Waals surface area contributed by atoms with Crippen LogP contribution in [0.5, 0.6) is 0 Å². The number of nitrogens with zero attached hydrogens (tertiary/aromatic N) is 1. The molecule has 1 aliphatic rings. The van der Waals surface area contributed by atoms with Crippen molar-refractivity contribution in [2.45, 2.75) is 127 Å². The highest BCUT2D eigenvalue weighted by Gasteiger charge is 2.36. The molecule has 356 valence electrons. The number of ether oxygens (including phenoxy) is 3. The van der Waals surface area contributed by atoms with Crippen molar-refractivity contribution in [1.29, 1.82) is 0 Å². The number of nitrogens with two attached hydrogens (primary N) is 3. The Kier molecular flexibility index (Phi) is 31.9. The lowest BCUT2D eigenvalue weighted by Gasteiger charge is -2.34. The number of amides is 5. The smallest absolute Gasteiger partial charge is 0.391 e. The molecule has 2 atom stereocenters. The predicted molar refractivity (Wildman–Crippen MR) is 228 cm³/mol. The minimum atomic E-state index is -4.68. The van der Waals surface area contributed by atoms with E-state index in [4.69, 9.17) is 41.2 Å². The average molecular weight is 897 g/mol. The number of aliphatic hydroxyl groups is 1. The van der Waals surface area contributed by atoms with E-state index in [1.807, 2.05) is 0 Å². The topological polar surface area (TPSA) is 329 Å². The summed E-state index contributed by atoms with van der Waals surface area (Å²) < 4.78 is 33.4. The Morgan fingerprint density at radius 1 is 0.607 bits per heavy atom. The summed E-state index contributed by atoms with van der Waals surface area (Å²) in [6, 6.07) is -0.576. The van der Waals surface area contributed by atoms with Crippen LogP contribution in [0, 0.1) is 0 Å². The number of nitrogens with one attached hydrogen (secondary N) is 4. The maximum Gasteiger partial charge on any atom is 0.469 e. The highest BCUT2D eigenvalue weighted by atomic mass is 31.2. The zero-order valence-corrected chi connectivity index (χ0v) is 37.0. The number of unbranched alkanes of at least 4 members (excludes halogenated alkanes) is 7. The largest absolute Gasteiger partial charge is 0.469 e. The highest BCUT2D eigenvalue weighted by molar-refractivity contribution is 7.46. The zero-order valence-electron chi connectivity index (χ0n) is 36.1. The van der Waals surface area contributed by atoms with Crippen LogP contribution >= 0.6 is 7.82 Å². The molecule has 5 amide bonds. The van der Waals surface area contributed by atoms with E-state index < -0.39 is 25.5 Å². The van der Waals surface area contributed by atoms with Crippen LogP contribution in [0.15, 0.2) is 0 Å². The molecule has 0 aromatic rings. The number of phosphoric ester groups is 1. The van der Waals surface area contributed by atoms with Crippen molar-refractivity contribution in [2.24, 2.45) is 17.2 Å². The monoisotopic (exact) mass is 897 g/mol. The number of aliphatic hydroxyl groups excluding tert-OH is 1. The molecule has 1 fully saturated rings. The number of likely N-dealkylation sites (tertiary alicyclic amines) is 1. The molecule has 0 saturated carbocycles. The van der Waals surface area contributed by atoms with E-state index in [0.29, 0.717) is 71.4 Å². The van der Waals surface area contributed by atoms with Crippen molar-refractivity contribution in [3.05, 3.63) is 0 Å². The van der Waals surface area contributed by atoms with Crippen LogP contribution in [0.2, 0.25) is 0 Å². The lowest BCUT2D eigenvalue weighted by atomic mass is 10.0. The second-order valence-corrected chi connectivity index (χ2v) is 16.7. The quantitative estimate of drug-likeness (QED) is 0.0273. The third-order valence-electron chi connectivity index (χ3n) is 9.76. The Morgan fingerprint density at radius 3 is 1.43 bits per heavy atom. The molecule has 22 heteroatoms. The average Bonchev–Trinajstić information content (AvgIpc) is 3.60. The molecule has 0 radical (unpaired) electrons. The predicted octanol–water partition coefficient (Wildman–Crippen LogP) is -0.571. The second kappa shape index (κ2) is 34.6. The van der Waals surface area contributed by atoms with Crippen LogP contribution in [0.3, 0.4) is 0 Å². The lowest BCUT2D eigenvalue weighted by molar-refractivity contribution is -0.133. The van der Waals surface area contributed by atoms with Crippen LogP contribution in [0.1, 0.15) is 109 Å². The van der Waals surface area contributed by atoms with Gasteiger partial charge in [0.2, 0.25) is 29.5 Å². The summed E-state index contributed by atoms with van der Waals surface area (Å²) in [5.74, 6) is -1.02. The molecule has 13 N–H and O–H groups in total. The van der Waals surface area contributed by atoms with Gasteiger partial charge in [-0.2, -0.15) is 0 Å². The molecule has 0 aromatic heterocycles. The van der Waals surface area contributed by atoms with Crippen molar-refractivity contribution < 1.29 is 62.2 Å². The Bertz CT molecular complexity index is 1210. The van der Waals surface area contributed by atoms with Crippen molar-refractivity contribution in [2.75, 3.05) is 92.1 Å². The molecule has 0 aliphatic carbocycles. The molecule has 21 nitrogen and oxygen atoms in total. The van der Waals surface area contributed by atoms with E-state index in [0.717, 1.165) is 38.5 Å². The van der Waals surface area contributed by atoms with Crippen LogP contribution < -0.4 is 38.5 Å².